The highest BCUT2D eigenvalue weighted by atomic mass is 16.4. The Morgan fingerprint density at radius 2 is 2.00 bits per heavy atom. The first-order chi connectivity index (χ1) is 7.05. The summed E-state index contributed by atoms with van der Waals surface area (Å²) in [5.41, 5.74) is 4.36. The minimum atomic E-state index is -1.65. The number of rotatable bonds is 4. The van der Waals surface area contributed by atoms with E-state index in [9.17, 15) is 9.59 Å². The summed E-state index contributed by atoms with van der Waals surface area (Å²) in [7, 11) is 0. The molecule has 0 aromatic heterocycles. The highest BCUT2D eigenvalue weighted by Crippen LogP contribution is 2.25. The summed E-state index contributed by atoms with van der Waals surface area (Å²) in [6.07, 6.45) is 0.398. The maximum absolute atomic E-state index is 11.2. The van der Waals surface area contributed by atoms with Crippen molar-refractivity contribution in [3.05, 3.63) is 35.9 Å². The van der Waals surface area contributed by atoms with Crippen LogP contribution in [0, 0.1) is 0 Å². The van der Waals surface area contributed by atoms with Gasteiger partial charge in [-0.3, -0.25) is 4.79 Å². The zero-order valence-electron chi connectivity index (χ0n) is 8.38. The van der Waals surface area contributed by atoms with E-state index in [0.29, 0.717) is 11.8 Å². The van der Waals surface area contributed by atoms with Gasteiger partial charge in [-0.2, -0.15) is 0 Å². The van der Waals surface area contributed by atoms with E-state index in [1.165, 1.54) is 6.92 Å². The van der Waals surface area contributed by atoms with Crippen LogP contribution in [-0.2, 0) is 15.0 Å². The molecule has 3 N–H and O–H groups in total. The van der Waals surface area contributed by atoms with Crippen LogP contribution in [0.1, 0.15) is 12.5 Å². The second kappa shape index (κ2) is 4.23. The minimum absolute atomic E-state index is 0.398. The van der Waals surface area contributed by atoms with Gasteiger partial charge < -0.3 is 15.6 Å². The average molecular weight is 207 g/mol. The van der Waals surface area contributed by atoms with Gasteiger partial charge in [-0.25, -0.2) is 0 Å². The van der Waals surface area contributed by atoms with Gasteiger partial charge in [-0.15, -0.1) is 0 Å². The second-order valence-corrected chi connectivity index (χ2v) is 3.45. The third kappa shape index (κ3) is 1.76. The molecule has 4 heteroatoms. The first kappa shape index (κ1) is 11.4. The summed E-state index contributed by atoms with van der Waals surface area (Å²) in [5.74, 6) is -1.22. The fraction of sp³-hybridized carbons (Fsp3) is 0.273. The summed E-state index contributed by atoms with van der Waals surface area (Å²) in [5, 5.41) is 9.14. The molecule has 0 saturated carbocycles. The molecule has 0 spiro atoms. The molecule has 0 bridgehead atoms. The molecule has 1 rings (SSSR count). The molecule has 1 aromatic rings. The summed E-state index contributed by atoms with van der Waals surface area (Å²) < 4.78 is 0. The molecular weight excluding hydrogens is 194 g/mol. The third-order valence-electron chi connectivity index (χ3n) is 2.51. The lowest BCUT2D eigenvalue weighted by molar-refractivity contribution is -0.146. The number of aliphatic carboxylic acids is 1. The van der Waals surface area contributed by atoms with Gasteiger partial charge in [0, 0.05) is 6.04 Å². The Labute approximate surface area is 87.7 Å². The van der Waals surface area contributed by atoms with Crippen LogP contribution in [0.15, 0.2) is 30.3 Å². The number of aldehydes is 1. The molecule has 0 aliphatic rings. The first-order valence-electron chi connectivity index (χ1n) is 4.56. The Kier molecular flexibility index (Phi) is 3.21. The van der Waals surface area contributed by atoms with Crippen LogP contribution in [0.3, 0.4) is 0 Å². The van der Waals surface area contributed by atoms with Gasteiger partial charge >= 0.3 is 5.97 Å². The van der Waals surface area contributed by atoms with E-state index in [1.807, 2.05) is 0 Å². The Morgan fingerprint density at radius 3 is 2.33 bits per heavy atom. The summed E-state index contributed by atoms with van der Waals surface area (Å²) in [4.78, 5) is 22.2. The summed E-state index contributed by atoms with van der Waals surface area (Å²) in [6, 6.07) is 7.51. The lowest BCUT2D eigenvalue weighted by Crippen LogP contribution is -2.51. The lowest BCUT2D eigenvalue weighted by atomic mass is 9.76. The Hall–Kier alpha value is -1.68. The Balaban J connectivity index is 3.35. The zero-order chi connectivity index (χ0) is 11.5. The van der Waals surface area contributed by atoms with E-state index in [2.05, 4.69) is 0 Å². The number of benzene rings is 1. The van der Waals surface area contributed by atoms with Gasteiger partial charge in [0.2, 0.25) is 0 Å². The summed E-state index contributed by atoms with van der Waals surface area (Å²) >= 11 is 0. The lowest BCUT2D eigenvalue weighted by Gasteiger charge is -2.27. The van der Waals surface area contributed by atoms with Crippen LogP contribution in [-0.4, -0.2) is 23.4 Å². The number of carboxylic acid groups (broad SMARTS) is 1. The zero-order valence-corrected chi connectivity index (χ0v) is 8.38. The second-order valence-electron chi connectivity index (χ2n) is 3.45. The maximum Gasteiger partial charge on any atom is 0.323 e. The highest BCUT2D eigenvalue weighted by Gasteiger charge is 2.44. The van der Waals surface area contributed by atoms with E-state index in [0.717, 1.165) is 0 Å². The molecular formula is C11H13NO3. The predicted octanol–water partition coefficient (Wildman–Crippen LogP) is 0.555. The topological polar surface area (TPSA) is 80.4 Å². The van der Waals surface area contributed by atoms with Crippen molar-refractivity contribution in [1.82, 2.24) is 0 Å². The number of carboxylic acids is 1. The maximum atomic E-state index is 11.2. The molecule has 0 aliphatic carbocycles. The molecule has 2 atom stereocenters. The van der Waals surface area contributed by atoms with Gasteiger partial charge in [-0.1, -0.05) is 30.3 Å². The van der Waals surface area contributed by atoms with Crippen LogP contribution >= 0.6 is 0 Å². The van der Waals surface area contributed by atoms with Crippen LogP contribution in [0.25, 0.3) is 0 Å². The van der Waals surface area contributed by atoms with Crippen molar-refractivity contribution in [2.75, 3.05) is 0 Å². The van der Waals surface area contributed by atoms with E-state index in [-0.39, 0.29) is 0 Å². The van der Waals surface area contributed by atoms with Crippen LogP contribution in [0.4, 0.5) is 0 Å². The quantitative estimate of drug-likeness (QED) is 0.558. The van der Waals surface area contributed by atoms with Crippen molar-refractivity contribution in [2.24, 2.45) is 5.73 Å². The number of hydrogen-bond donors (Lipinski definition) is 2. The van der Waals surface area contributed by atoms with Gasteiger partial charge in [0.15, 0.2) is 5.41 Å². The van der Waals surface area contributed by atoms with Crippen LogP contribution < -0.4 is 5.73 Å². The van der Waals surface area contributed by atoms with Gasteiger partial charge in [0.05, 0.1) is 0 Å². The van der Waals surface area contributed by atoms with E-state index in [1.54, 1.807) is 30.3 Å². The van der Waals surface area contributed by atoms with Crippen molar-refractivity contribution in [3.8, 4) is 0 Å². The number of hydrogen-bond acceptors (Lipinski definition) is 3. The predicted molar refractivity (Wildman–Crippen MR) is 55.5 cm³/mol. The molecule has 1 aromatic carbocycles. The number of nitrogens with two attached hydrogens (primary N) is 1. The largest absolute Gasteiger partial charge is 0.480 e. The molecule has 0 radical (unpaired) electrons. The average Bonchev–Trinajstić information content (AvgIpc) is 2.20. The fourth-order valence-electron chi connectivity index (χ4n) is 1.52. The van der Waals surface area contributed by atoms with Crippen molar-refractivity contribution >= 4 is 12.3 Å². The van der Waals surface area contributed by atoms with Crippen molar-refractivity contribution in [3.63, 3.8) is 0 Å². The molecule has 0 aliphatic heterocycles. The standard InChI is InChI=1S/C11H13NO3/c1-8(12)11(7-13,10(14)15)9-5-3-2-4-6-9/h2-8H,12H2,1H3,(H,14,15). The molecule has 0 saturated heterocycles. The smallest absolute Gasteiger partial charge is 0.323 e. The van der Waals surface area contributed by atoms with Crippen molar-refractivity contribution < 1.29 is 14.7 Å². The molecule has 0 heterocycles. The molecule has 4 nitrogen and oxygen atoms in total. The number of carbonyl (C=O) groups is 2. The van der Waals surface area contributed by atoms with Crippen LogP contribution in [0.5, 0.6) is 0 Å². The molecule has 0 fully saturated rings. The van der Waals surface area contributed by atoms with E-state index >= 15 is 0 Å². The first-order valence-corrected chi connectivity index (χ1v) is 4.56. The van der Waals surface area contributed by atoms with Crippen molar-refractivity contribution in [1.29, 1.82) is 0 Å². The van der Waals surface area contributed by atoms with E-state index < -0.39 is 17.4 Å². The normalized spacial score (nSPS) is 16.4. The fourth-order valence-corrected chi connectivity index (χ4v) is 1.52. The highest BCUT2D eigenvalue weighted by molar-refractivity contribution is 6.00. The Morgan fingerprint density at radius 1 is 1.47 bits per heavy atom. The molecule has 2 unspecified atom stereocenters. The van der Waals surface area contributed by atoms with Crippen LogP contribution in [0.2, 0.25) is 0 Å². The molecule has 80 valence electrons. The van der Waals surface area contributed by atoms with E-state index in [4.69, 9.17) is 10.8 Å². The van der Waals surface area contributed by atoms with Gasteiger partial charge in [0.25, 0.3) is 0 Å². The molecule has 0 amide bonds. The molecule has 15 heavy (non-hydrogen) atoms. The summed E-state index contributed by atoms with van der Waals surface area (Å²) in [6.45, 7) is 1.51. The van der Waals surface area contributed by atoms with Gasteiger partial charge in [0.1, 0.15) is 6.29 Å². The Bertz CT molecular complexity index is 361. The van der Waals surface area contributed by atoms with Crippen molar-refractivity contribution in [2.45, 2.75) is 18.4 Å². The number of carbonyl (C=O) groups excluding carboxylic acids is 1. The monoisotopic (exact) mass is 207 g/mol. The SMILES string of the molecule is CC(N)C(C=O)(C(=O)O)c1ccccc1. The minimum Gasteiger partial charge on any atom is -0.480 e. The third-order valence-corrected chi connectivity index (χ3v) is 2.51. The van der Waals surface area contributed by atoms with Gasteiger partial charge in [-0.05, 0) is 12.5 Å².